The molecule has 0 saturated heterocycles. The second kappa shape index (κ2) is 6.58. The predicted octanol–water partition coefficient (Wildman–Crippen LogP) is 1.58. The molecule has 0 rings (SSSR count). The molecule has 0 aliphatic carbocycles. The zero-order chi connectivity index (χ0) is 12.8. The molecule has 0 aromatic carbocycles. The van der Waals surface area contributed by atoms with Gasteiger partial charge >= 0.3 is 0 Å². The maximum Gasteiger partial charge on any atom is 0.0805 e. The number of hydrogen-bond donors (Lipinski definition) is 0. The Labute approximate surface area is 102 Å². The van der Waals surface area contributed by atoms with Crippen molar-refractivity contribution in [1.29, 1.82) is 0 Å². The van der Waals surface area contributed by atoms with Crippen molar-refractivity contribution in [2.24, 2.45) is 0 Å². The van der Waals surface area contributed by atoms with Gasteiger partial charge in [-0.05, 0) is 12.8 Å². The van der Waals surface area contributed by atoms with E-state index in [1.165, 1.54) is 25.9 Å². The van der Waals surface area contributed by atoms with Gasteiger partial charge in [-0.1, -0.05) is 0 Å². The highest BCUT2D eigenvalue weighted by atomic mass is 16.5. The fraction of sp³-hybridized carbons (Fsp3) is 1.00. The molecule has 3 heteroatoms. The maximum atomic E-state index is 5.54. The van der Waals surface area contributed by atoms with E-state index in [1.807, 2.05) is 7.11 Å². The maximum absolute atomic E-state index is 5.54. The van der Waals surface area contributed by atoms with E-state index in [9.17, 15) is 0 Å². The van der Waals surface area contributed by atoms with Crippen LogP contribution in [0.1, 0.15) is 19.3 Å². The minimum atomic E-state index is 0.434. The van der Waals surface area contributed by atoms with Gasteiger partial charge in [0, 0.05) is 13.5 Å². The minimum Gasteiger partial charge on any atom is -0.381 e. The van der Waals surface area contributed by atoms with E-state index < -0.39 is 0 Å². The summed E-state index contributed by atoms with van der Waals surface area (Å²) in [6.07, 6.45) is 4.03. The Kier molecular flexibility index (Phi) is 6.53. The van der Waals surface area contributed by atoms with Crippen LogP contribution in [0.15, 0.2) is 0 Å². The molecule has 0 heterocycles. The van der Waals surface area contributed by atoms with Gasteiger partial charge in [0.05, 0.1) is 61.5 Å². The van der Waals surface area contributed by atoms with Crippen LogP contribution in [0.3, 0.4) is 0 Å². The highest BCUT2D eigenvalue weighted by Gasteiger charge is 2.15. The smallest absolute Gasteiger partial charge is 0.0805 e. The van der Waals surface area contributed by atoms with Gasteiger partial charge in [-0.3, -0.25) is 0 Å². The summed E-state index contributed by atoms with van der Waals surface area (Å²) in [5.74, 6) is 0. The molecule has 98 valence electrons. The van der Waals surface area contributed by atoms with Crippen LogP contribution in [0.25, 0.3) is 0 Å². The lowest BCUT2D eigenvalue weighted by atomic mass is 10.1. The van der Waals surface area contributed by atoms with Gasteiger partial charge in [0.1, 0.15) is 0 Å². The first-order valence-corrected chi connectivity index (χ1v) is 6.28. The second-order valence-corrected chi connectivity index (χ2v) is 6.82. The summed E-state index contributed by atoms with van der Waals surface area (Å²) in [6, 6.07) is 0. The molecule has 3 nitrogen and oxygen atoms in total. The van der Waals surface area contributed by atoms with E-state index >= 15 is 0 Å². The zero-order valence-electron chi connectivity index (χ0n) is 12.4. The van der Waals surface area contributed by atoms with Crippen LogP contribution in [-0.4, -0.2) is 77.6 Å². The fourth-order valence-electron chi connectivity index (χ4n) is 1.70. The van der Waals surface area contributed by atoms with Gasteiger partial charge in [0.2, 0.25) is 0 Å². The topological polar surface area (TPSA) is 9.23 Å². The summed E-state index contributed by atoms with van der Waals surface area (Å²) in [5.41, 5.74) is 0. The van der Waals surface area contributed by atoms with Crippen molar-refractivity contribution in [2.45, 2.75) is 25.4 Å². The van der Waals surface area contributed by atoms with E-state index in [1.54, 1.807) is 0 Å². The van der Waals surface area contributed by atoms with Crippen LogP contribution >= 0.6 is 0 Å². The van der Waals surface area contributed by atoms with Crippen LogP contribution in [0.2, 0.25) is 0 Å². The summed E-state index contributed by atoms with van der Waals surface area (Å²) >= 11 is 0. The van der Waals surface area contributed by atoms with E-state index in [0.29, 0.717) is 6.10 Å². The van der Waals surface area contributed by atoms with Gasteiger partial charge < -0.3 is 13.7 Å². The Hall–Kier alpha value is -0.120. The van der Waals surface area contributed by atoms with Gasteiger partial charge in [0.25, 0.3) is 0 Å². The average Bonchev–Trinajstić information content (AvgIpc) is 2.07. The molecule has 0 amide bonds. The molecule has 16 heavy (non-hydrogen) atoms. The van der Waals surface area contributed by atoms with Gasteiger partial charge in [-0.2, -0.15) is 0 Å². The number of nitrogens with zero attached hydrogens (tertiary/aromatic N) is 2. The lowest BCUT2D eigenvalue weighted by Crippen LogP contribution is -2.38. The SMILES string of the molecule is CO[C@@H](CCC[N+](C)(C)C)CC[N+](C)(C)C. The van der Waals surface area contributed by atoms with Crippen molar-refractivity contribution in [2.75, 3.05) is 62.5 Å². The second-order valence-electron chi connectivity index (χ2n) is 6.82. The number of hydrogen-bond acceptors (Lipinski definition) is 1. The Morgan fingerprint density at radius 1 is 0.812 bits per heavy atom. The standard InChI is InChI=1S/C13H32N2O/c1-14(2,3)11-8-9-13(16-7)10-12-15(4,5)6/h13H,8-12H2,1-7H3/q+2/t13-/m0/s1. The van der Waals surface area contributed by atoms with E-state index in [2.05, 4.69) is 42.3 Å². The number of methoxy groups -OCH3 is 1. The Bertz CT molecular complexity index is 179. The van der Waals surface area contributed by atoms with E-state index in [-0.39, 0.29) is 0 Å². The molecule has 0 aromatic heterocycles. The first-order chi connectivity index (χ1) is 7.14. The molecule has 0 aromatic rings. The third-order valence-corrected chi connectivity index (χ3v) is 2.81. The van der Waals surface area contributed by atoms with Crippen LogP contribution in [0.4, 0.5) is 0 Å². The zero-order valence-corrected chi connectivity index (χ0v) is 12.4. The van der Waals surface area contributed by atoms with E-state index in [0.717, 1.165) is 15.4 Å². The molecular formula is C13H32N2O+2. The minimum absolute atomic E-state index is 0.434. The molecule has 0 bridgehead atoms. The fourth-order valence-corrected chi connectivity index (χ4v) is 1.70. The average molecular weight is 232 g/mol. The summed E-state index contributed by atoms with van der Waals surface area (Å²) < 4.78 is 7.61. The Balaban J connectivity index is 3.76. The van der Waals surface area contributed by atoms with E-state index in [4.69, 9.17) is 4.74 Å². The predicted molar refractivity (Wildman–Crippen MR) is 70.4 cm³/mol. The molecule has 0 aliphatic heterocycles. The first kappa shape index (κ1) is 15.9. The molecule has 0 radical (unpaired) electrons. The van der Waals surface area contributed by atoms with Crippen LogP contribution in [0, 0.1) is 0 Å². The normalized spacial score (nSPS) is 15.2. The van der Waals surface area contributed by atoms with Crippen molar-refractivity contribution < 1.29 is 13.7 Å². The molecule has 0 saturated carbocycles. The summed E-state index contributed by atoms with van der Waals surface area (Å²) in [7, 11) is 15.3. The first-order valence-electron chi connectivity index (χ1n) is 6.28. The largest absolute Gasteiger partial charge is 0.381 e. The third-order valence-electron chi connectivity index (χ3n) is 2.81. The number of quaternary nitrogens is 2. The van der Waals surface area contributed by atoms with Gasteiger partial charge in [-0.15, -0.1) is 0 Å². The molecule has 0 spiro atoms. The van der Waals surface area contributed by atoms with Gasteiger partial charge in [0.15, 0.2) is 0 Å². The van der Waals surface area contributed by atoms with Crippen molar-refractivity contribution in [3.63, 3.8) is 0 Å². The van der Waals surface area contributed by atoms with Gasteiger partial charge in [-0.25, -0.2) is 0 Å². The summed E-state index contributed by atoms with van der Waals surface area (Å²) in [4.78, 5) is 0. The highest BCUT2D eigenvalue weighted by molar-refractivity contribution is 4.57. The summed E-state index contributed by atoms with van der Waals surface area (Å²) in [6.45, 7) is 2.41. The van der Waals surface area contributed by atoms with Crippen molar-refractivity contribution >= 4 is 0 Å². The van der Waals surface area contributed by atoms with Crippen molar-refractivity contribution in [3.05, 3.63) is 0 Å². The lowest BCUT2D eigenvalue weighted by Gasteiger charge is -2.27. The third kappa shape index (κ3) is 10.4. The van der Waals surface area contributed by atoms with Crippen LogP contribution in [0.5, 0.6) is 0 Å². The Morgan fingerprint density at radius 2 is 1.31 bits per heavy atom. The molecular weight excluding hydrogens is 200 g/mol. The molecule has 0 fully saturated rings. The monoisotopic (exact) mass is 232 g/mol. The van der Waals surface area contributed by atoms with Crippen LogP contribution in [-0.2, 0) is 4.74 Å². The summed E-state index contributed by atoms with van der Waals surface area (Å²) in [5, 5.41) is 0. The van der Waals surface area contributed by atoms with Crippen molar-refractivity contribution in [3.8, 4) is 0 Å². The molecule has 0 N–H and O–H groups in total. The molecule has 0 unspecified atom stereocenters. The highest BCUT2D eigenvalue weighted by Crippen LogP contribution is 2.09. The van der Waals surface area contributed by atoms with Crippen molar-refractivity contribution in [1.82, 2.24) is 0 Å². The number of rotatable bonds is 8. The molecule has 0 aliphatic rings. The lowest BCUT2D eigenvalue weighted by molar-refractivity contribution is -0.871. The Morgan fingerprint density at radius 3 is 1.69 bits per heavy atom. The number of ether oxygens (including phenoxy) is 1. The molecule has 1 atom stereocenters. The van der Waals surface area contributed by atoms with Crippen LogP contribution < -0.4 is 0 Å². The quantitative estimate of drug-likeness (QED) is 0.578.